The summed E-state index contributed by atoms with van der Waals surface area (Å²) in [5.41, 5.74) is 0. The van der Waals surface area contributed by atoms with Crippen molar-refractivity contribution in [2.24, 2.45) is 0 Å². The molecule has 0 rings (SSSR count). The van der Waals surface area contributed by atoms with Crippen molar-refractivity contribution in [1.29, 1.82) is 5.26 Å². The van der Waals surface area contributed by atoms with Crippen LogP contribution in [0, 0.1) is 11.3 Å². The van der Waals surface area contributed by atoms with E-state index in [2.05, 4.69) is 4.74 Å². The van der Waals surface area contributed by atoms with Crippen molar-refractivity contribution < 1.29 is 14.3 Å². The summed E-state index contributed by atoms with van der Waals surface area (Å²) in [6.45, 7) is 0.346. The first-order chi connectivity index (χ1) is 7.11. The molecule has 0 radical (unpaired) electrons. The Morgan fingerprint density at radius 3 is 2.73 bits per heavy atom. The van der Waals surface area contributed by atoms with Gasteiger partial charge in [0.2, 0.25) is 5.91 Å². The van der Waals surface area contributed by atoms with Gasteiger partial charge in [0.1, 0.15) is 0 Å². The third-order valence-corrected chi connectivity index (χ3v) is 2.48. The number of carbonyl (C=O) groups is 2. The van der Waals surface area contributed by atoms with E-state index in [9.17, 15) is 9.59 Å². The summed E-state index contributed by atoms with van der Waals surface area (Å²) >= 11 is 1.26. The number of carbonyl (C=O) groups excluding carboxylic acids is 2. The summed E-state index contributed by atoms with van der Waals surface area (Å²) in [5, 5.41) is 8.27. The number of nitrogens with zero attached hydrogens (tertiary/aromatic N) is 2. The highest BCUT2D eigenvalue weighted by Crippen LogP contribution is 2.01. The molecule has 6 heteroatoms. The molecule has 0 fully saturated rings. The topological polar surface area (TPSA) is 70.4 Å². The highest BCUT2D eigenvalue weighted by molar-refractivity contribution is 8.00. The summed E-state index contributed by atoms with van der Waals surface area (Å²) in [6, 6.07) is 1.94. The Balaban J connectivity index is 3.70. The number of thioether (sulfide) groups is 1. The molecule has 0 aromatic carbocycles. The minimum Gasteiger partial charge on any atom is -0.469 e. The number of esters is 1. The minimum atomic E-state index is -0.334. The van der Waals surface area contributed by atoms with Gasteiger partial charge < -0.3 is 9.64 Å². The lowest BCUT2D eigenvalue weighted by molar-refractivity contribution is -0.141. The first-order valence-electron chi connectivity index (χ1n) is 4.37. The molecule has 0 heterocycles. The van der Waals surface area contributed by atoms with Crippen molar-refractivity contribution in [3.8, 4) is 6.07 Å². The van der Waals surface area contributed by atoms with Crippen LogP contribution >= 0.6 is 11.8 Å². The van der Waals surface area contributed by atoms with Crippen molar-refractivity contribution in [3.05, 3.63) is 0 Å². The van der Waals surface area contributed by atoms with Crippen LogP contribution in [0.5, 0.6) is 0 Å². The third kappa shape index (κ3) is 6.80. The number of nitriles is 1. The Morgan fingerprint density at radius 1 is 1.53 bits per heavy atom. The van der Waals surface area contributed by atoms with Crippen LogP contribution in [0.3, 0.4) is 0 Å². The average Bonchev–Trinajstić information content (AvgIpc) is 2.25. The first-order valence-corrected chi connectivity index (χ1v) is 5.52. The van der Waals surface area contributed by atoms with E-state index in [1.165, 1.54) is 23.8 Å². The smallest absolute Gasteiger partial charge is 0.307 e. The molecular weight excluding hydrogens is 216 g/mol. The first kappa shape index (κ1) is 13.8. The zero-order valence-corrected chi connectivity index (χ0v) is 9.67. The van der Waals surface area contributed by atoms with Crippen LogP contribution in [-0.4, -0.2) is 49.0 Å². The fourth-order valence-corrected chi connectivity index (χ4v) is 1.37. The predicted octanol–water partition coefficient (Wildman–Crippen LogP) is 0.265. The molecule has 0 aromatic heterocycles. The van der Waals surface area contributed by atoms with Crippen LogP contribution in [0.15, 0.2) is 0 Å². The Labute approximate surface area is 93.4 Å². The molecule has 0 aliphatic heterocycles. The largest absolute Gasteiger partial charge is 0.469 e. The molecule has 15 heavy (non-hydrogen) atoms. The van der Waals surface area contributed by atoms with Gasteiger partial charge in [-0.15, -0.1) is 11.8 Å². The molecule has 0 unspecified atom stereocenters. The molecule has 84 valence electrons. The number of rotatable bonds is 6. The Hall–Kier alpha value is -1.22. The monoisotopic (exact) mass is 230 g/mol. The normalized spacial score (nSPS) is 9.13. The lowest BCUT2D eigenvalue weighted by atomic mass is 10.4. The second-order valence-electron chi connectivity index (χ2n) is 2.79. The lowest BCUT2D eigenvalue weighted by Gasteiger charge is -2.15. The number of amides is 1. The van der Waals surface area contributed by atoms with Gasteiger partial charge in [-0.2, -0.15) is 5.26 Å². The standard InChI is InChI=1S/C9H14N2O3S/c1-11(5-3-9(13)14-2)8(12)7-15-6-4-10/h3,5-7H2,1-2H3. The van der Waals surface area contributed by atoms with Crippen LogP contribution in [0.2, 0.25) is 0 Å². The maximum Gasteiger partial charge on any atom is 0.307 e. The molecule has 0 aliphatic carbocycles. The average molecular weight is 230 g/mol. The van der Waals surface area contributed by atoms with Crippen molar-refractivity contribution in [1.82, 2.24) is 4.90 Å². The molecule has 0 saturated heterocycles. The highest BCUT2D eigenvalue weighted by Gasteiger charge is 2.10. The minimum absolute atomic E-state index is 0.0841. The quantitative estimate of drug-likeness (QED) is 0.483. The van der Waals surface area contributed by atoms with Crippen LogP contribution in [0.4, 0.5) is 0 Å². The van der Waals surface area contributed by atoms with Crippen molar-refractivity contribution in [3.63, 3.8) is 0 Å². The summed E-state index contributed by atoms with van der Waals surface area (Å²) in [4.78, 5) is 23.6. The molecule has 0 N–H and O–H groups in total. The van der Waals surface area contributed by atoms with Gasteiger partial charge >= 0.3 is 5.97 Å². The summed E-state index contributed by atoms with van der Waals surface area (Å²) in [7, 11) is 2.94. The maximum atomic E-state index is 11.4. The summed E-state index contributed by atoms with van der Waals surface area (Å²) < 4.78 is 4.45. The Kier molecular flexibility index (Phi) is 7.46. The Bertz CT molecular complexity index is 263. The van der Waals surface area contributed by atoms with Gasteiger partial charge in [-0.3, -0.25) is 9.59 Å². The molecule has 5 nitrogen and oxygen atoms in total. The molecule has 0 bridgehead atoms. The molecule has 0 aromatic rings. The van der Waals surface area contributed by atoms with E-state index in [-0.39, 0.29) is 24.1 Å². The van der Waals surface area contributed by atoms with Crippen LogP contribution in [-0.2, 0) is 14.3 Å². The van der Waals surface area contributed by atoms with Gasteiger partial charge in [0.05, 0.1) is 31.1 Å². The van der Waals surface area contributed by atoms with Gasteiger partial charge in [0.15, 0.2) is 0 Å². The van der Waals surface area contributed by atoms with Crippen LogP contribution < -0.4 is 0 Å². The highest BCUT2D eigenvalue weighted by atomic mass is 32.2. The SMILES string of the molecule is COC(=O)CCN(C)C(=O)CSCC#N. The number of methoxy groups -OCH3 is 1. The lowest BCUT2D eigenvalue weighted by Crippen LogP contribution is -2.30. The van der Waals surface area contributed by atoms with Crippen molar-refractivity contribution in [2.45, 2.75) is 6.42 Å². The molecule has 1 amide bonds. The number of hydrogen-bond donors (Lipinski definition) is 0. The fourth-order valence-electron chi connectivity index (χ4n) is 0.780. The third-order valence-electron chi connectivity index (χ3n) is 1.70. The van der Waals surface area contributed by atoms with Crippen molar-refractivity contribution in [2.75, 3.05) is 32.2 Å². The summed E-state index contributed by atoms with van der Waals surface area (Å²) in [6.07, 6.45) is 0.196. The number of hydrogen-bond acceptors (Lipinski definition) is 5. The second kappa shape index (κ2) is 8.12. The predicted molar refractivity (Wildman–Crippen MR) is 57.2 cm³/mol. The zero-order valence-electron chi connectivity index (χ0n) is 8.86. The van der Waals surface area contributed by atoms with Gasteiger partial charge in [0, 0.05) is 13.6 Å². The molecular formula is C9H14N2O3S. The van der Waals surface area contributed by atoms with E-state index in [0.29, 0.717) is 12.3 Å². The van der Waals surface area contributed by atoms with E-state index >= 15 is 0 Å². The fraction of sp³-hybridized carbons (Fsp3) is 0.667. The van der Waals surface area contributed by atoms with Gasteiger partial charge in [-0.25, -0.2) is 0 Å². The van der Waals surface area contributed by atoms with E-state index in [1.807, 2.05) is 6.07 Å². The summed E-state index contributed by atoms with van der Waals surface area (Å²) in [5.74, 6) is 0.153. The molecule has 0 atom stereocenters. The zero-order chi connectivity index (χ0) is 11.7. The van der Waals surface area contributed by atoms with Gasteiger partial charge in [-0.1, -0.05) is 0 Å². The molecule has 0 aliphatic rings. The van der Waals surface area contributed by atoms with Crippen LogP contribution in [0.25, 0.3) is 0 Å². The van der Waals surface area contributed by atoms with E-state index in [4.69, 9.17) is 5.26 Å². The van der Waals surface area contributed by atoms with E-state index in [1.54, 1.807) is 7.05 Å². The Morgan fingerprint density at radius 2 is 2.20 bits per heavy atom. The molecule has 0 spiro atoms. The van der Waals surface area contributed by atoms with Gasteiger partial charge in [-0.05, 0) is 0 Å². The maximum absolute atomic E-state index is 11.4. The molecule has 0 saturated carbocycles. The van der Waals surface area contributed by atoms with E-state index in [0.717, 1.165) is 0 Å². The van der Waals surface area contributed by atoms with Crippen molar-refractivity contribution >= 4 is 23.6 Å². The van der Waals surface area contributed by atoms with Gasteiger partial charge in [0.25, 0.3) is 0 Å². The second-order valence-corrected chi connectivity index (χ2v) is 3.78. The van der Waals surface area contributed by atoms with E-state index < -0.39 is 0 Å². The number of ether oxygens (including phenoxy) is 1. The van der Waals surface area contributed by atoms with Crippen LogP contribution in [0.1, 0.15) is 6.42 Å².